The van der Waals surface area contributed by atoms with Gasteiger partial charge < -0.3 is 10.4 Å². The highest BCUT2D eigenvalue weighted by Crippen LogP contribution is 2.30. The van der Waals surface area contributed by atoms with Crippen molar-refractivity contribution >= 4 is 5.91 Å². The number of aliphatic hydroxyl groups excluding tert-OH is 1. The fourth-order valence-electron chi connectivity index (χ4n) is 2.93. The Morgan fingerprint density at radius 1 is 1.43 bits per heavy atom. The van der Waals surface area contributed by atoms with Crippen LogP contribution in [-0.2, 0) is 0 Å². The normalized spacial score (nSPS) is 20.7. The number of amides is 1. The quantitative estimate of drug-likeness (QED) is 0.838. The number of aryl methyl sites for hydroxylation is 1. The number of nitrogens with one attached hydrogen (secondary N) is 1. The van der Waals surface area contributed by atoms with E-state index in [1.54, 1.807) is 0 Å². The average molecular weight is 285 g/mol. The lowest BCUT2D eigenvalue weighted by molar-refractivity contribution is 0.0944. The Bertz CT molecular complexity index is 568. The van der Waals surface area contributed by atoms with Crippen LogP contribution in [0.4, 0.5) is 0 Å². The maximum absolute atomic E-state index is 12.4. The number of benzene rings is 1. The molecule has 3 nitrogen and oxygen atoms in total. The smallest absolute Gasteiger partial charge is 0.252 e. The van der Waals surface area contributed by atoms with Gasteiger partial charge in [0.15, 0.2) is 0 Å². The SMILES string of the molecule is Cc1ccc(C#CCO)c(C(=O)NCC2CCCC2C)c1. The first kappa shape index (κ1) is 15.6. The Morgan fingerprint density at radius 2 is 2.24 bits per heavy atom. The van der Waals surface area contributed by atoms with E-state index >= 15 is 0 Å². The summed E-state index contributed by atoms with van der Waals surface area (Å²) >= 11 is 0. The van der Waals surface area contributed by atoms with Crippen LogP contribution < -0.4 is 5.32 Å². The van der Waals surface area contributed by atoms with Gasteiger partial charge >= 0.3 is 0 Å². The van der Waals surface area contributed by atoms with Crippen molar-refractivity contribution in [3.05, 3.63) is 34.9 Å². The van der Waals surface area contributed by atoms with E-state index in [9.17, 15) is 4.79 Å². The Kier molecular flexibility index (Phi) is 5.41. The maximum atomic E-state index is 12.4. The molecule has 1 aromatic carbocycles. The number of hydrogen-bond donors (Lipinski definition) is 2. The molecule has 112 valence electrons. The number of aliphatic hydroxyl groups is 1. The fourth-order valence-corrected chi connectivity index (χ4v) is 2.93. The summed E-state index contributed by atoms with van der Waals surface area (Å²) in [5.74, 6) is 6.67. The zero-order chi connectivity index (χ0) is 15.2. The topological polar surface area (TPSA) is 49.3 Å². The van der Waals surface area contributed by atoms with Crippen LogP contribution in [0.1, 0.15) is 47.7 Å². The number of hydrogen-bond acceptors (Lipinski definition) is 2. The predicted molar refractivity (Wildman–Crippen MR) is 84.0 cm³/mol. The van der Waals surface area contributed by atoms with Gasteiger partial charge in [-0.15, -0.1) is 0 Å². The summed E-state index contributed by atoms with van der Waals surface area (Å²) in [5, 5.41) is 11.9. The van der Waals surface area contributed by atoms with Gasteiger partial charge in [-0.05, 0) is 37.3 Å². The van der Waals surface area contributed by atoms with E-state index in [0.717, 1.165) is 12.1 Å². The summed E-state index contributed by atoms with van der Waals surface area (Å²) < 4.78 is 0. The highest BCUT2D eigenvalue weighted by Gasteiger charge is 2.24. The third-order valence-electron chi connectivity index (χ3n) is 4.29. The van der Waals surface area contributed by atoms with Crippen molar-refractivity contribution in [3.8, 4) is 11.8 Å². The molecule has 1 aromatic rings. The zero-order valence-electron chi connectivity index (χ0n) is 12.8. The number of rotatable bonds is 3. The molecule has 1 amide bonds. The van der Waals surface area contributed by atoms with Crippen molar-refractivity contribution in [2.24, 2.45) is 11.8 Å². The van der Waals surface area contributed by atoms with Gasteiger partial charge in [0.1, 0.15) is 6.61 Å². The summed E-state index contributed by atoms with van der Waals surface area (Å²) in [4.78, 5) is 12.4. The Balaban J connectivity index is 2.08. The Labute approximate surface area is 126 Å². The van der Waals surface area contributed by atoms with Crippen LogP contribution in [0.15, 0.2) is 18.2 Å². The molecule has 1 saturated carbocycles. The molecule has 2 atom stereocenters. The van der Waals surface area contributed by atoms with Gasteiger partial charge in [0.25, 0.3) is 5.91 Å². The molecular weight excluding hydrogens is 262 g/mol. The van der Waals surface area contributed by atoms with Gasteiger partial charge in [-0.3, -0.25) is 4.79 Å². The highest BCUT2D eigenvalue weighted by atomic mass is 16.2. The fraction of sp³-hybridized carbons (Fsp3) is 0.500. The van der Waals surface area contributed by atoms with E-state index in [0.29, 0.717) is 23.0 Å². The first-order valence-corrected chi connectivity index (χ1v) is 7.60. The van der Waals surface area contributed by atoms with Crippen molar-refractivity contribution in [1.82, 2.24) is 5.32 Å². The second-order valence-corrected chi connectivity index (χ2v) is 5.89. The molecule has 1 aliphatic rings. The van der Waals surface area contributed by atoms with Crippen LogP contribution in [0.3, 0.4) is 0 Å². The van der Waals surface area contributed by atoms with Gasteiger partial charge in [-0.25, -0.2) is 0 Å². The molecule has 0 aliphatic heterocycles. The molecule has 1 aliphatic carbocycles. The van der Waals surface area contributed by atoms with Crippen molar-refractivity contribution in [2.75, 3.05) is 13.2 Å². The van der Waals surface area contributed by atoms with E-state index in [1.165, 1.54) is 19.3 Å². The lowest BCUT2D eigenvalue weighted by atomic mass is 9.98. The molecule has 0 saturated heterocycles. The van der Waals surface area contributed by atoms with Crippen LogP contribution in [-0.4, -0.2) is 24.2 Å². The monoisotopic (exact) mass is 285 g/mol. The van der Waals surface area contributed by atoms with Crippen molar-refractivity contribution in [2.45, 2.75) is 33.1 Å². The molecule has 0 spiro atoms. The minimum atomic E-state index is -0.200. The van der Waals surface area contributed by atoms with Gasteiger partial charge in [-0.2, -0.15) is 0 Å². The van der Waals surface area contributed by atoms with Gasteiger partial charge in [0.2, 0.25) is 0 Å². The summed E-state index contributed by atoms with van der Waals surface area (Å²) in [7, 11) is 0. The van der Waals surface area contributed by atoms with Gasteiger partial charge in [0, 0.05) is 12.1 Å². The number of carbonyl (C=O) groups is 1. The van der Waals surface area contributed by atoms with Crippen molar-refractivity contribution < 1.29 is 9.90 Å². The van der Waals surface area contributed by atoms with E-state index in [2.05, 4.69) is 24.1 Å². The average Bonchev–Trinajstić information content (AvgIpc) is 2.88. The second kappa shape index (κ2) is 7.28. The van der Waals surface area contributed by atoms with Crippen molar-refractivity contribution in [1.29, 1.82) is 0 Å². The Morgan fingerprint density at radius 3 is 2.90 bits per heavy atom. The molecule has 2 unspecified atom stereocenters. The third-order valence-corrected chi connectivity index (χ3v) is 4.29. The largest absolute Gasteiger partial charge is 0.384 e. The first-order valence-electron chi connectivity index (χ1n) is 7.60. The van der Waals surface area contributed by atoms with Gasteiger partial charge in [0.05, 0.1) is 5.56 Å². The summed E-state index contributed by atoms with van der Waals surface area (Å²) in [6, 6.07) is 5.62. The van der Waals surface area contributed by atoms with Crippen LogP contribution in [0, 0.1) is 30.6 Å². The van der Waals surface area contributed by atoms with Crippen LogP contribution in [0.2, 0.25) is 0 Å². The maximum Gasteiger partial charge on any atom is 0.252 e. The Hall–Kier alpha value is -1.79. The standard InChI is InChI=1S/C18H23NO2/c1-13-8-9-15(7-4-10-20)17(11-13)18(21)19-12-16-6-3-5-14(16)2/h8-9,11,14,16,20H,3,5-6,10,12H2,1-2H3,(H,19,21). The van der Waals surface area contributed by atoms with E-state index in [-0.39, 0.29) is 12.5 Å². The summed E-state index contributed by atoms with van der Waals surface area (Å²) in [5.41, 5.74) is 2.30. The van der Waals surface area contributed by atoms with Crippen molar-refractivity contribution in [3.63, 3.8) is 0 Å². The molecule has 3 heteroatoms. The minimum absolute atomic E-state index is 0.0694. The molecule has 0 aromatic heterocycles. The molecule has 0 radical (unpaired) electrons. The first-order chi connectivity index (χ1) is 10.1. The molecular formula is C18H23NO2. The minimum Gasteiger partial charge on any atom is -0.384 e. The third kappa shape index (κ3) is 4.09. The summed E-state index contributed by atoms with van der Waals surface area (Å²) in [6.45, 7) is 4.75. The summed E-state index contributed by atoms with van der Waals surface area (Å²) in [6.07, 6.45) is 3.73. The second-order valence-electron chi connectivity index (χ2n) is 5.89. The molecule has 2 N–H and O–H groups in total. The van der Waals surface area contributed by atoms with Crippen LogP contribution in [0.5, 0.6) is 0 Å². The highest BCUT2D eigenvalue weighted by molar-refractivity contribution is 5.97. The number of carbonyl (C=O) groups excluding carboxylic acids is 1. The zero-order valence-corrected chi connectivity index (χ0v) is 12.8. The van der Waals surface area contributed by atoms with Crippen LogP contribution >= 0.6 is 0 Å². The van der Waals surface area contributed by atoms with E-state index in [1.807, 2.05) is 25.1 Å². The molecule has 1 fully saturated rings. The van der Waals surface area contributed by atoms with E-state index in [4.69, 9.17) is 5.11 Å². The van der Waals surface area contributed by atoms with E-state index < -0.39 is 0 Å². The molecule has 21 heavy (non-hydrogen) atoms. The lowest BCUT2D eigenvalue weighted by Gasteiger charge is -2.16. The predicted octanol–water partition coefficient (Wildman–Crippen LogP) is 2.50. The van der Waals surface area contributed by atoms with Crippen LogP contribution in [0.25, 0.3) is 0 Å². The molecule has 2 rings (SSSR count). The lowest BCUT2D eigenvalue weighted by Crippen LogP contribution is -2.30. The van der Waals surface area contributed by atoms with Gasteiger partial charge in [-0.1, -0.05) is 43.2 Å². The molecule has 0 heterocycles. The molecule has 0 bridgehead atoms.